The number of hydrogen-bond donors (Lipinski definition) is 0. The van der Waals surface area contributed by atoms with Crippen LogP contribution in [0.15, 0.2) is 72.9 Å². The number of hydrogen-bond acceptors (Lipinski definition) is 4. The highest BCUT2D eigenvalue weighted by atomic mass is 32.2. The van der Waals surface area contributed by atoms with Crippen molar-refractivity contribution in [2.45, 2.75) is 18.3 Å². The van der Waals surface area contributed by atoms with Crippen molar-refractivity contribution < 1.29 is 4.79 Å². The van der Waals surface area contributed by atoms with Crippen LogP contribution in [0.1, 0.15) is 22.3 Å². The lowest BCUT2D eigenvalue weighted by Crippen LogP contribution is -2.43. The minimum absolute atomic E-state index is 0.0181. The zero-order valence-electron chi connectivity index (χ0n) is 15.9. The third-order valence-corrected chi connectivity index (χ3v) is 7.41. The second-order valence-corrected chi connectivity index (χ2v) is 9.20. The number of nitrogens with zero attached hydrogens (tertiary/aromatic N) is 3. The second kappa shape index (κ2) is 8.05. The highest BCUT2D eigenvalue weighted by Gasteiger charge is 2.31. The number of para-hydroxylation sites is 1. The van der Waals surface area contributed by atoms with E-state index >= 15 is 0 Å². The summed E-state index contributed by atoms with van der Waals surface area (Å²) in [6.07, 6.45) is 2.11. The van der Waals surface area contributed by atoms with Crippen LogP contribution in [0.5, 0.6) is 0 Å². The molecule has 0 radical (unpaired) electrons. The van der Waals surface area contributed by atoms with Gasteiger partial charge in [-0.3, -0.25) is 4.79 Å². The Kier molecular flexibility index (Phi) is 5.12. The van der Waals surface area contributed by atoms with Crippen LogP contribution in [0.3, 0.4) is 0 Å². The topological polar surface area (TPSA) is 38.1 Å². The first kappa shape index (κ1) is 18.5. The molecule has 0 fully saturated rings. The molecule has 0 saturated carbocycles. The van der Waals surface area contributed by atoms with Gasteiger partial charge in [-0.05, 0) is 29.8 Å². The summed E-state index contributed by atoms with van der Waals surface area (Å²) < 4.78 is 3.46. The van der Waals surface area contributed by atoms with Gasteiger partial charge in [0.05, 0.1) is 22.0 Å². The molecule has 0 N–H and O–H groups in total. The van der Waals surface area contributed by atoms with Crippen molar-refractivity contribution in [2.75, 3.05) is 12.3 Å². The van der Waals surface area contributed by atoms with Gasteiger partial charge >= 0.3 is 0 Å². The lowest BCUT2D eigenvalue weighted by atomic mass is 10.00. The smallest absolute Gasteiger partial charge is 0.233 e. The molecule has 1 atom stereocenters. The molecule has 3 heterocycles. The molecule has 0 aliphatic carbocycles. The van der Waals surface area contributed by atoms with E-state index in [1.165, 1.54) is 10.4 Å². The Hall–Kier alpha value is -2.57. The molecule has 6 heteroatoms. The van der Waals surface area contributed by atoms with E-state index in [-0.39, 0.29) is 11.9 Å². The summed E-state index contributed by atoms with van der Waals surface area (Å²) in [5.41, 5.74) is 3.39. The standard InChI is InChI=1S/C23H21N3OS2/c27-22(16-28-15-21-24-18-9-4-5-11-20(18)29-21)26-14-13-25-12-6-10-19(25)23(26)17-7-2-1-3-8-17/h1-12,23H,13-16H2/t23-/m0/s1. The van der Waals surface area contributed by atoms with Gasteiger partial charge in [-0.15, -0.1) is 23.1 Å². The van der Waals surface area contributed by atoms with Gasteiger partial charge in [-0.1, -0.05) is 42.5 Å². The molecule has 2 aromatic heterocycles. The van der Waals surface area contributed by atoms with Crippen molar-refractivity contribution in [3.05, 3.63) is 89.2 Å². The van der Waals surface area contributed by atoms with Crippen molar-refractivity contribution in [3.8, 4) is 0 Å². The van der Waals surface area contributed by atoms with Gasteiger partial charge in [0, 0.05) is 30.7 Å². The van der Waals surface area contributed by atoms with Crippen molar-refractivity contribution in [2.24, 2.45) is 0 Å². The van der Waals surface area contributed by atoms with Crippen LogP contribution in [0.4, 0.5) is 0 Å². The number of aromatic nitrogens is 2. The molecule has 5 rings (SSSR count). The molecule has 1 aliphatic rings. The van der Waals surface area contributed by atoms with E-state index in [1.54, 1.807) is 23.1 Å². The van der Waals surface area contributed by atoms with Gasteiger partial charge in [0.25, 0.3) is 0 Å². The molecule has 146 valence electrons. The summed E-state index contributed by atoms with van der Waals surface area (Å²) in [7, 11) is 0. The maximum Gasteiger partial charge on any atom is 0.233 e. The summed E-state index contributed by atoms with van der Waals surface area (Å²) in [5, 5.41) is 1.08. The Balaban J connectivity index is 1.30. The molecule has 4 aromatic rings. The van der Waals surface area contributed by atoms with E-state index in [1.807, 2.05) is 41.3 Å². The zero-order chi connectivity index (χ0) is 19.6. The largest absolute Gasteiger partial charge is 0.348 e. The van der Waals surface area contributed by atoms with Crippen molar-refractivity contribution in [1.82, 2.24) is 14.5 Å². The minimum atomic E-state index is -0.0181. The van der Waals surface area contributed by atoms with E-state index in [4.69, 9.17) is 0 Å². The van der Waals surface area contributed by atoms with Crippen molar-refractivity contribution in [1.29, 1.82) is 0 Å². The number of benzene rings is 2. The summed E-state index contributed by atoms with van der Waals surface area (Å²) >= 11 is 3.37. The maximum atomic E-state index is 13.2. The molecule has 1 aliphatic heterocycles. The molecular formula is C23H21N3OS2. The summed E-state index contributed by atoms with van der Waals surface area (Å²) in [4.78, 5) is 19.9. The molecule has 4 nitrogen and oxygen atoms in total. The monoisotopic (exact) mass is 419 g/mol. The number of thiazole rings is 1. The zero-order valence-corrected chi connectivity index (χ0v) is 17.5. The van der Waals surface area contributed by atoms with Gasteiger partial charge < -0.3 is 9.47 Å². The van der Waals surface area contributed by atoms with Crippen LogP contribution < -0.4 is 0 Å². The first-order valence-corrected chi connectivity index (χ1v) is 11.7. The molecule has 29 heavy (non-hydrogen) atoms. The van der Waals surface area contributed by atoms with Crippen LogP contribution in [-0.4, -0.2) is 32.7 Å². The van der Waals surface area contributed by atoms with Crippen LogP contribution in [0, 0.1) is 0 Å². The van der Waals surface area contributed by atoms with E-state index < -0.39 is 0 Å². The predicted octanol–water partition coefficient (Wildman–Crippen LogP) is 4.96. The fourth-order valence-corrected chi connectivity index (χ4v) is 5.86. The SMILES string of the molecule is O=C(CSCc1nc2ccccc2s1)N1CCn2cccc2[C@@H]1c1ccccc1. The number of fused-ring (bicyclic) bond motifs is 2. The number of carbonyl (C=O) groups excluding carboxylic acids is 1. The normalized spacial score (nSPS) is 16.1. The van der Waals surface area contributed by atoms with E-state index in [2.05, 4.69) is 46.1 Å². The number of amides is 1. The Labute approximate surface area is 178 Å². The molecule has 2 aromatic carbocycles. The lowest BCUT2D eigenvalue weighted by Gasteiger charge is -2.37. The molecular weight excluding hydrogens is 398 g/mol. The number of rotatable bonds is 5. The Bertz CT molecular complexity index is 1100. The third-order valence-electron chi connectivity index (χ3n) is 5.26. The second-order valence-electron chi connectivity index (χ2n) is 7.09. The van der Waals surface area contributed by atoms with E-state index in [0.717, 1.165) is 34.9 Å². The minimum Gasteiger partial charge on any atom is -0.348 e. The number of carbonyl (C=O) groups is 1. The highest BCUT2D eigenvalue weighted by molar-refractivity contribution is 7.99. The van der Waals surface area contributed by atoms with Crippen LogP contribution in [0.2, 0.25) is 0 Å². The highest BCUT2D eigenvalue weighted by Crippen LogP contribution is 2.33. The molecule has 0 spiro atoms. The predicted molar refractivity (Wildman–Crippen MR) is 120 cm³/mol. The average molecular weight is 420 g/mol. The van der Waals surface area contributed by atoms with E-state index in [0.29, 0.717) is 5.75 Å². The van der Waals surface area contributed by atoms with Gasteiger partial charge in [0.15, 0.2) is 0 Å². The third kappa shape index (κ3) is 3.70. The fraction of sp³-hybridized carbons (Fsp3) is 0.217. The van der Waals surface area contributed by atoms with Gasteiger partial charge in [0.1, 0.15) is 5.01 Å². The van der Waals surface area contributed by atoms with Gasteiger partial charge in [0.2, 0.25) is 5.91 Å². The van der Waals surface area contributed by atoms with E-state index in [9.17, 15) is 4.79 Å². The van der Waals surface area contributed by atoms with Gasteiger partial charge in [-0.25, -0.2) is 4.98 Å². The first-order chi connectivity index (χ1) is 14.3. The Morgan fingerprint density at radius 1 is 1.03 bits per heavy atom. The Morgan fingerprint density at radius 2 is 1.86 bits per heavy atom. The Morgan fingerprint density at radius 3 is 2.72 bits per heavy atom. The number of thioether (sulfide) groups is 1. The van der Waals surface area contributed by atoms with Crippen LogP contribution in [0.25, 0.3) is 10.2 Å². The molecule has 0 saturated heterocycles. The first-order valence-electron chi connectivity index (χ1n) is 9.71. The molecule has 1 amide bonds. The fourth-order valence-electron chi connectivity index (χ4n) is 3.93. The van der Waals surface area contributed by atoms with Crippen molar-refractivity contribution >= 4 is 39.2 Å². The lowest BCUT2D eigenvalue weighted by molar-refractivity contribution is -0.131. The summed E-state index contributed by atoms with van der Waals surface area (Å²) in [6, 6.07) is 22.7. The van der Waals surface area contributed by atoms with Gasteiger partial charge in [-0.2, -0.15) is 0 Å². The quantitative estimate of drug-likeness (QED) is 0.459. The van der Waals surface area contributed by atoms with Crippen LogP contribution in [-0.2, 0) is 17.1 Å². The summed E-state index contributed by atoms with van der Waals surface area (Å²) in [5.74, 6) is 1.43. The van der Waals surface area contributed by atoms with Crippen molar-refractivity contribution in [3.63, 3.8) is 0 Å². The molecule has 0 unspecified atom stereocenters. The van der Waals surface area contributed by atoms with Crippen LogP contribution >= 0.6 is 23.1 Å². The molecule has 0 bridgehead atoms. The average Bonchev–Trinajstić information content (AvgIpc) is 3.40. The maximum absolute atomic E-state index is 13.2. The summed E-state index contributed by atoms with van der Waals surface area (Å²) in [6.45, 7) is 1.59.